The van der Waals surface area contributed by atoms with Crippen LogP contribution in [0.1, 0.15) is 18.1 Å². The first-order valence-corrected chi connectivity index (χ1v) is 7.29. The molecule has 0 aliphatic carbocycles. The highest BCUT2D eigenvalue weighted by Crippen LogP contribution is 2.15. The van der Waals surface area contributed by atoms with E-state index in [2.05, 4.69) is 0 Å². The number of carbonyl (C=O) groups is 1. The van der Waals surface area contributed by atoms with Crippen molar-refractivity contribution in [2.45, 2.75) is 13.3 Å². The van der Waals surface area contributed by atoms with Crippen LogP contribution < -0.4 is 0 Å². The summed E-state index contributed by atoms with van der Waals surface area (Å²) in [6.45, 7) is 2.47. The van der Waals surface area contributed by atoms with Crippen LogP contribution in [0.4, 0.5) is 4.39 Å². The van der Waals surface area contributed by atoms with E-state index in [1.54, 1.807) is 30.2 Å². The molecule has 0 aliphatic heterocycles. The van der Waals surface area contributed by atoms with Gasteiger partial charge >= 0.3 is 0 Å². The number of hydrogen-bond acceptors (Lipinski definition) is 1. The zero-order valence-electron chi connectivity index (χ0n) is 12.9. The van der Waals surface area contributed by atoms with E-state index >= 15 is 0 Å². The Labute approximate surface area is 130 Å². The fourth-order valence-corrected chi connectivity index (χ4v) is 2.16. The van der Waals surface area contributed by atoms with Crippen molar-refractivity contribution in [3.8, 4) is 0 Å². The summed E-state index contributed by atoms with van der Waals surface area (Å²) >= 11 is 0. The van der Waals surface area contributed by atoms with E-state index in [1.165, 1.54) is 17.7 Å². The second-order valence-corrected chi connectivity index (χ2v) is 5.33. The number of hydrogen-bond donors (Lipinski definition) is 0. The number of benzene rings is 2. The van der Waals surface area contributed by atoms with Gasteiger partial charge in [0.25, 0.3) is 0 Å². The second-order valence-electron chi connectivity index (χ2n) is 5.33. The number of carbonyl (C=O) groups excluding carboxylic acids is 1. The van der Waals surface area contributed by atoms with Gasteiger partial charge in [-0.2, -0.15) is 0 Å². The summed E-state index contributed by atoms with van der Waals surface area (Å²) < 4.78 is 13.2. The molecule has 22 heavy (non-hydrogen) atoms. The Balaban J connectivity index is 1.97. The van der Waals surface area contributed by atoms with Crippen molar-refractivity contribution in [2.24, 2.45) is 0 Å². The molecule has 0 aliphatic rings. The summed E-state index contributed by atoms with van der Waals surface area (Å²) in [4.78, 5) is 13.9. The average Bonchev–Trinajstić information content (AvgIpc) is 2.53. The van der Waals surface area contributed by atoms with E-state index in [0.717, 1.165) is 17.6 Å². The van der Waals surface area contributed by atoms with Gasteiger partial charge in [-0.15, -0.1) is 0 Å². The van der Waals surface area contributed by atoms with Crippen LogP contribution in [0, 0.1) is 5.82 Å². The molecule has 0 radical (unpaired) electrons. The molecule has 1 amide bonds. The Bertz CT molecular complexity index is 664. The lowest BCUT2D eigenvalue weighted by atomic mass is 10.1. The van der Waals surface area contributed by atoms with Crippen molar-refractivity contribution in [3.63, 3.8) is 0 Å². The van der Waals surface area contributed by atoms with Crippen molar-refractivity contribution < 1.29 is 9.18 Å². The van der Waals surface area contributed by atoms with Crippen LogP contribution in [-0.2, 0) is 11.2 Å². The minimum Gasteiger partial charge on any atom is -0.342 e. The summed E-state index contributed by atoms with van der Waals surface area (Å²) in [6.07, 6.45) is 2.37. The number of halogens is 1. The first kappa shape index (κ1) is 16.0. The van der Waals surface area contributed by atoms with Crippen LogP contribution in [0.2, 0.25) is 0 Å². The molecule has 2 nitrogen and oxygen atoms in total. The summed E-state index contributed by atoms with van der Waals surface area (Å²) in [6, 6.07) is 16.3. The standard InChI is InChI=1S/C19H20FNO/c1-15(17-9-6-10-18(20)14-17)13-19(22)21(2)12-11-16-7-4-3-5-8-16/h3-10,13-14H,11-12H2,1-2H3/b15-13-. The van der Waals surface area contributed by atoms with E-state index in [0.29, 0.717) is 6.54 Å². The van der Waals surface area contributed by atoms with Gasteiger partial charge in [0.05, 0.1) is 0 Å². The maximum atomic E-state index is 13.2. The predicted octanol–water partition coefficient (Wildman–Crippen LogP) is 3.93. The number of amides is 1. The molecule has 0 saturated carbocycles. The molecule has 2 aromatic rings. The summed E-state index contributed by atoms with van der Waals surface area (Å²) in [5, 5.41) is 0. The number of likely N-dealkylation sites (N-methyl/N-ethyl adjacent to an activating group) is 1. The lowest BCUT2D eigenvalue weighted by Crippen LogP contribution is -2.27. The molecular formula is C19H20FNO. The maximum Gasteiger partial charge on any atom is 0.246 e. The van der Waals surface area contributed by atoms with Crippen LogP contribution in [0.15, 0.2) is 60.7 Å². The van der Waals surface area contributed by atoms with Gasteiger partial charge in [0.2, 0.25) is 5.91 Å². The molecule has 0 saturated heterocycles. The summed E-state index contributed by atoms with van der Waals surface area (Å²) in [7, 11) is 1.78. The first-order chi connectivity index (χ1) is 10.6. The number of allylic oxidation sites excluding steroid dienone is 1. The fourth-order valence-electron chi connectivity index (χ4n) is 2.16. The van der Waals surface area contributed by atoms with E-state index in [1.807, 2.05) is 37.3 Å². The van der Waals surface area contributed by atoms with Crippen LogP contribution in [-0.4, -0.2) is 24.4 Å². The Hall–Kier alpha value is -2.42. The molecule has 2 aromatic carbocycles. The van der Waals surface area contributed by atoms with Crippen molar-refractivity contribution in [2.75, 3.05) is 13.6 Å². The van der Waals surface area contributed by atoms with Crippen LogP contribution in [0.5, 0.6) is 0 Å². The van der Waals surface area contributed by atoms with Gasteiger partial charge in [0, 0.05) is 19.7 Å². The maximum absolute atomic E-state index is 13.2. The van der Waals surface area contributed by atoms with Gasteiger partial charge in [-0.1, -0.05) is 42.5 Å². The third-order valence-corrected chi connectivity index (χ3v) is 3.57. The smallest absolute Gasteiger partial charge is 0.246 e. The minimum atomic E-state index is -0.296. The molecule has 0 N–H and O–H groups in total. The minimum absolute atomic E-state index is 0.0716. The van der Waals surface area contributed by atoms with Gasteiger partial charge in [-0.05, 0) is 42.2 Å². The molecule has 0 aromatic heterocycles. The van der Waals surface area contributed by atoms with Crippen molar-refractivity contribution in [3.05, 3.63) is 77.6 Å². The Morgan fingerprint density at radius 1 is 1.14 bits per heavy atom. The first-order valence-electron chi connectivity index (χ1n) is 7.29. The Morgan fingerprint density at radius 2 is 1.86 bits per heavy atom. The van der Waals surface area contributed by atoms with Gasteiger partial charge in [-0.25, -0.2) is 4.39 Å². The Morgan fingerprint density at radius 3 is 2.55 bits per heavy atom. The van der Waals surface area contributed by atoms with Gasteiger partial charge in [-0.3, -0.25) is 4.79 Å². The zero-order chi connectivity index (χ0) is 15.9. The lowest BCUT2D eigenvalue weighted by molar-refractivity contribution is -0.124. The highest BCUT2D eigenvalue weighted by atomic mass is 19.1. The molecular weight excluding hydrogens is 277 g/mol. The van der Waals surface area contributed by atoms with E-state index in [9.17, 15) is 9.18 Å². The van der Waals surface area contributed by atoms with Crippen LogP contribution in [0.25, 0.3) is 5.57 Å². The summed E-state index contributed by atoms with van der Waals surface area (Å²) in [5.74, 6) is -0.368. The fraction of sp³-hybridized carbons (Fsp3) is 0.211. The molecule has 2 rings (SSSR count). The molecule has 0 unspecified atom stereocenters. The van der Waals surface area contributed by atoms with E-state index in [4.69, 9.17) is 0 Å². The highest BCUT2D eigenvalue weighted by Gasteiger charge is 2.07. The molecule has 0 bridgehead atoms. The molecule has 0 atom stereocenters. The van der Waals surface area contributed by atoms with Gasteiger partial charge in [0.1, 0.15) is 5.82 Å². The van der Waals surface area contributed by atoms with E-state index < -0.39 is 0 Å². The molecule has 0 heterocycles. The monoisotopic (exact) mass is 297 g/mol. The average molecular weight is 297 g/mol. The third kappa shape index (κ3) is 4.55. The third-order valence-electron chi connectivity index (χ3n) is 3.57. The van der Waals surface area contributed by atoms with Crippen molar-refractivity contribution >= 4 is 11.5 Å². The van der Waals surface area contributed by atoms with Gasteiger partial charge < -0.3 is 4.90 Å². The molecule has 0 fully saturated rings. The largest absolute Gasteiger partial charge is 0.342 e. The quantitative estimate of drug-likeness (QED) is 0.766. The van der Waals surface area contributed by atoms with Crippen molar-refractivity contribution in [1.29, 1.82) is 0 Å². The zero-order valence-corrected chi connectivity index (χ0v) is 12.9. The van der Waals surface area contributed by atoms with Gasteiger partial charge in [0.15, 0.2) is 0 Å². The lowest BCUT2D eigenvalue weighted by Gasteiger charge is -2.15. The molecule has 0 spiro atoms. The number of nitrogens with zero attached hydrogens (tertiary/aromatic N) is 1. The van der Waals surface area contributed by atoms with Crippen molar-refractivity contribution in [1.82, 2.24) is 4.90 Å². The normalized spacial score (nSPS) is 11.3. The van der Waals surface area contributed by atoms with E-state index in [-0.39, 0.29) is 11.7 Å². The number of rotatable bonds is 5. The van der Waals surface area contributed by atoms with Crippen LogP contribution >= 0.6 is 0 Å². The topological polar surface area (TPSA) is 20.3 Å². The summed E-state index contributed by atoms with van der Waals surface area (Å²) in [5.41, 5.74) is 2.69. The predicted molar refractivity (Wildman–Crippen MR) is 87.8 cm³/mol. The van der Waals surface area contributed by atoms with Crippen LogP contribution in [0.3, 0.4) is 0 Å². The molecule has 114 valence electrons. The SMILES string of the molecule is C/C(=C/C(=O)N(C)CCc1ccccc1)c1cccc(F)c1. The second kappa shape index (κ2) is 7.55. The Kier molecular flexibility index (Phi) is 5.48. The highest BCUT2D eigenvalue weighted by molar-refractivity contribution is 5.94. The molecule has 3 heteroatoms.